The Balaban J connectivity index is 2.40. The zero-order chi connectivity index (χ0) is 11.3. The van der Waals surface area contributed by atoms with E-state index in [0.29, 0.717) is 12.0 Å². The Morgan fingerprint density at radius 3 is 2.20 bits per heavy atom. The van der Waals surface area contributed by atoms with Crippen LogP contribution in [0.1, 0.15) is 38.7 Å². The van der Waals surface area contributed by atoms with Crippen molar-refractivity contribution in [1.82, 2.24) is 4.90 Å². The zero-order valence-electron chi connectivity index (χ0n) is 10.4. The topological polar surface area (TPSA) is 3.24 Å². The molecule has 1 nitrogen and oxygen atoms in total. The first-order chi connectivity index (χ1) is 7.11. The first-order valence-electron chi connectivity index (χ1n) is 5.86. The van der Waals surface area contributed by atoms with E-state index in [9.17, 15) is 0 Å². The molecule has 1 aromatic rings. The molecule has 0 aliphatic heterocycles. The highest BCUT2D eigenvalue weighted by atomic mass is 15.1. The van der Waals surface area contributed by atoms with E-state index in [4.69, 9.17) is 0 Å². The van der Waals surface area contributed by atoms with Crippen molar-refractivity contribution in [3.05, 3.63) is 35.9 Å². The van der Waals surface area contributed by atoms with Crippen LogP contribution in [0.2, 0.25) is 0 Å². The van der Waals surface area contributed by atoms with Crippen LogP contribution in [0.4, 0.5) is 0 Å². The van der Waals surface area contributed by atoms with Gasteiger partial charge in [0.25, 0.3) is 0 Å². The lowest BCUT2D eigenvalue weighted by molar-refractivity contribution is 0.264. The van der Waals surface area contributed by atoms with Crippen LogP contribution in [0.15, 0.2) is 30.3 Å². The van der Waals surface area contributed by atoms with E-state index < -0.39 is 0 Å². The van der Waals surface area contributed by atoms with Crippen LogP contribution in [0.25, 0.3) is 0 Å². The quantitative estimate of drug-likeness (QED) is 0.711. The zero-order valence-corrected chi connectivity index (χ0v) is 10.4. The summed E-state index contributed by atoms with van der Waals surface area (Å²) in [7, 11) is 2.20. The molecular formula is C14H23N. The summed E-state index contributed by atoms with van der Waals surface area (Å²) < 4.78 is 0. The number of nitrogens with zero attached hydrogens (tertiary/aromatic N) is 1. The molecule has 1 aromatic carbocycles. The highest BCUT2D eigenvalue weighted by molar-refractivity contribution is 5.18. The second kappa shape index (κ2) is 5.92. The second-order valence-corrected chi connectivity index (χ2v) is 4.67. The molecule has 15 heavy (non-hydrogen) atoms. The molecule has 0 N–H and O–H groups in total. The normalized spacial score (nSPS) is 13.5. The smallest absolute Gasteiger partial charge is 0.00355 e. The molecule has 0 heterocycles. The molecule has 1 unspecified atom stereocenters. The van der Waals surface area contributed by atoms with Crippen molar-refractivity contribution in [2.75, 3.05) is 13.6 Å². The summed E-state index contributed by atoms with van der Waals surface area (Å²) >= 11 is 0. The average Bonchev–Trinajstić information content (AvgIpc) is 2.26. The van der Waals surface area contributed by atoms with Gasteiger partial charge in [0.2, 0.25) is 0 Å². The number of rotatable bonds is 5. The van der Waals surface area contributed by atoms with Gasteiger partial charge in [-0.25, -0.2) is 0 Å². The van der Waals surface area contributed by atoms with Gasteiger partial charge in [-0.2, -0.15) is 0 Å². The average molecular weight is 205 g/mol. The fourth-order valence-electron chi connectivity index (χ4n) is 1.60. The summed E-state index contributed by atoms with van der Waals surface area (Å²) in [5.74, 6) is 0.660. The summed E-state index contributed by atoms with van der Waals surface area (Å²) in [6.07, 6.45) is 1.23. The van der Waals surface area contributed by atoms with Crippen molar-refractivity contribution in [2.45, 2.75) is 39.2 Å². The molecule has 0 saturated heterocycles. The maximum atomic E-state index is 2.40. The SMILES string of the molecule is CC(CCN(C)C(C)C)c1ccccc1. The molecular weight excluding hydrogens is 182 g/mol. The van der Waals surface area contributed by atoms with E-state index in [0.717, 1.165) is 0 Å². The molecule has 0 amide bonds. The van der Waals surface area contributed by atoms with E-state index in [1.54, 1.807) is 0 Å². The number of hydrogen-bond donors (Lipinski definition) is 0. The van der Waals surface area contributed by atoms with Gasteiger partial charge in [-0.05, 0) is 45.3 Å². The molecule has 0 aliphatic rings. The van der Waals surface area contributed by atoms with Crippen LogP contribution < -0.4 is 0 Å². The first kappa shape index (κ1) is 12.3. The lowest BCUT2D eigenvalue weighted by Gasteiger charge is -2.23. The molecule has 1 heteroatoms. The minimum Gasteiger partial charge on any atom is -0.304 e. The molecule has 0 spiro atoms. The fraction of sp³-hybridized carbons (Fsp3) is 0.571. The van der Waals surface area contributed by atoms with Crippen LogP contribution in [-0.2, 0) is 0 Å². The predicted molar refractivity (Wildman–Crippen MR) is 67.2 cm³/mol. The van der Waals surface area contributed by atoms with Crippen molar-refractivity contribution in [1.29, 1.82) is 0 Å². The van der Waals surface area contributed by atoms with Gasteiger partial charge in [-0.15, -0.1) is 0 Å². The van der Waals surface area contributed by atoms with Gasteiger partial charge < -0.3 is 4.90 Å². The van der Waals surface area contributed by atoms with Crippen molar-refractivity contribution in [3.63, 3.8) is 0 Å². The Bertz CT molecular complexity index is 266. The van der Waals surface area contributed by atoms with Crippen LogP contribution in [0.5, 0.6) is 0 Å². The summed E-state index contributed by atoms with van der Waals surface area (Å²) in [4.78, 5) is 2.40. The Labute approximate surface area is 94.1 Å². The van der Waals surface area contributed by atoms with Gasteiger partial charge in [0.15, 0.2) is 0 Å². The molecule has 0 fully saturated rings. The van der Waals surface area contributed by atoms with Gasteiger partial charge in [-0.3, -0.25) is 0 Å². The Morgan fingerprint density at radius 2 is 1.67 bits per heavy atom. The monoisotopic (exact) mass is 205 g/mol. The summed E-state index contributed by atoms with van der Waals surface area (Å²) in [6, 6.07) is 11.4. The third-order valence-electron chi connectivity index (χ3n) is 3.16. The summed E-state index contributed by atoms with van der Waals surface area (Å²) in [5, 5.41) is 0. The standard InChI is InChI=1S/C14H23N/c1-12(2)15(4)11-10-13(3)14-8-6-5-7-9-14/h5-9,12-13H,10-11H2,1-4H3. The molecule has 0 saturated carbocycles. The van der Waals surface area contributed by atoms with Crippen molar-refractivity contribution in [2.24, 2.45) is 0 Å². The highest BCUT2D eigenvalue weighted by Gasteiger charge is 2.08. The predicted octanol–water partition coefficient (Wildman–Crippen LogP) is 3.52. The highest BCUT2D eigenvalue weighted by Crippen LogP contribution is 2.18. The van der Waals surface area contributed by atoms with E-state index in [2.05, 4.69) is 63.1 Å². The molecule has 0 aliphatic carbocycles. The van der Waals surface area contributed by atoms with E-state index >= 15 is 0 Å². The Hall–Kier alpha value is -0.820. The number of hydrogen-bond acceptors (Lipinski definition) is 1. The largest absolute Gasteiger partial charge is 0.304 e. The lowest BCUT2D eigenvalue weighted by atomic mass is 9.98. The van der Waals surface area contributed by atoms with E-state index in [1.165, 1.54) is 18.5 Å². The van der Waals surface area contributed by atoms with Gasteiger partial charge in [0.05, 0.1) is 0 Å². The minimum atomic E-state index is 0.646. The molecule has 0 radical (unpaired) electrons. The van der Waals surface area contributed by atoms with Crippen LogP contribution in [0, 0.1) is 0 Å². The van der Waals surface area contributed by atoms with Crippen molar-refractivity contribution < 1.29 is 0 Å². The third kappa shape index (κ3) is 4.05. The maximum absolute atomic E-state index is 2.40. The molecule has 1 rings (SSSR count). The van der Waals surface area contributed by atoms with Crippen LogP contribution >= 0.6 is 0 Å². The van der Waals surface area contributed by atoms with Crippen molar-refractivity contribution >= 4 is 0 Å². The van der Waals surface area contributed by atoms with E-state index in [1.807, 2.05) is 0 Å². The Kier molecular flexibility index (Phi) is 4.83. The van der Waals surface area contributed by atoms with E-state index in [-0.39, 0.29) is 0 Å². The molecule has 0 aromatic heterocycles. The van der Waals surface area contributed by atoms with Gasteiger partial charge in [0, 0.05) is 6.04 Å². The van der Waals surface area contributed by atoms with Crippen LogP contribution in [-0.4, -0.2) is 24.5 Å². The van der Waals surface area contributed by atoms with Crippen LogP contribution in [0.3, 0.4) is 0 Å². The lowest BCUT2D eigenvalue weighted by Crippen LogP contribution is -2.27. The molecule has 84 valence electrons. The fourth-order valence-corrected chi connectivity index (χ4v) is 1.60. The minimum absolute atomic E-state index is 0.646. The third-order valence-corrected chi connectivity index (χ3v) is 3.16. The molecule has 0 bridgehead atoms. The second-order valence-electron chi connectivity index (χ2n) is 4.67. The van der Waals surface area contributed by atoms with Gasteiger partial charge in [0.1, 0.15) is 0 Å². The molecule has 1 atom stereocenters. The van der Waals surface area contributed by atoms with Gasteiger partial charge in [-0.1, -0.05) is 37.3 Å². The summed E-state index contributed by atoms with van der Waals surface area (Å²) in [6.45, 7) is 7.97. The van der Waals surface area contributed by atoms with Crippen molar-refractivity contribution in [3.8, 4) is 0 Å². The summed E-state index contributed by atoms with van der Waals surface area (Å²) in [5.41, 5.74) is 1.45. The number of benzene rings is 1. The maximum Gasteiger partial charge on any atom is 0.00355 e. The first-order valence-corrected chi connectivity index (χ1v) is 5.86. The Morgan fingerprint density at radius 1 is 1.07 bits per heavy atom. The van der Waals surface area contributed by atoms with Gasteiger partial charge >= 0.3 is 0 Å².